The second-order valence-corrected chi connectivity index (χ2v) is 5.96. The molecule has 0 radical (unpaired) electrons. The van der Waals surface area contributed by atoms with Gasteiger partial charge in [-0.15, -0.1) is 0 Å². The van der Waals surface area contributed by atoms with Crippen LogP contribution >= 0.6 is 23.8 Å². The molecule has 26 heavy (non-hydrogen) atoms. The lowest BCUT2D eigenvalue weighted by Crippen LogP contribution is -2.25. The van der Waals surface area contributed by atoms with Gasteiger partial charge in [-0.05, 0) is 55.0 Å². The molecule has 0 aliphatic heterocycles. The van der Waals surface area contributed by atoms with Crippen molar-refractivity contribution in [1.82, 2.24) is 5.43 Å². The largest absolute Gasteiger partial charge is 0.416 e. The van der Waals surface area contributed by atoms with Crippen molar-refractivity contribution in [3.05, 3.63) is 64.2 Å². The summed E-state index contributed by atoms with van der Waals surface area (Å²) >= 11 is 10.9. The summed E-state index contributed by atoms with van der Waals surface area (Å²) in [4.78, 5) is 0. The Morgan fingerprint density at radius 3 is 2.42 bits per heavy atom. The summed E-state index contributed by atoms with van der Waals surface area (Å²) in [6.45, 7) is 1.72. The molecule has 0 aromatic heterocycles. The van der Waals surface area contributed by atoms with Crippen molar-refractivity contribution in [2.45, 2.75) is 13.1 Å². The highest BCUT2D eigenvalue weighted by molar-refractivity contribution is 7.80. The third kappa shape index (κ3) is 5.18. The third-order valence-corrected chi connectivity index (χ3v) is 3.82. The van der Waals surface area contributed by atoms with Crippen molar-refractivity contribution in [1.29, 1.82) is 5.26 Å². The Morgan fingerprint density at radius 1 is 1.19 bits per heavy atom. The Labute approximate surface area is 158 Å². The molecule has 2 aromatic rings. The van der Waals surface area contributed by atoms with Crippen LogP contribution in [-0.4, -0.2) is 10.8 Å². The van der Waals surface area contributed by atoms with E-state index in [1.165, 1.54) is 0 Å². The standard InChI is InChI=1S/C17H12ClF3N4S/c1-10(12-4-2-11(9-22)3-5-12)24-25-16(26)23-15-8-13(17(19,20)21)6-7-14(15)18/h2-8H,1H3,(H2,23,25,26). The predicted octanol–water partition coefficient (Wildman–Crippen LogP) is 4.94. The number of nitrogens with one attached hydrogen (secondary N) is 2. The highest BCUT2D eigenvalue weighted by Gasteiger charge is 2.31. The smallest absolute Gasteiger partial charge is 0.330 e. The fraction of sp³-hybridized carbons (Fsp3) is 0.118. The lowest BCUT2D eigenvalue weighted by atomic mass is 10.1. The molecule has 0 spiro atoms. The first-order valence-electron chi connectivity index (χ1n) is 7.19. The molecular formula is C17H12ClF3N4S. The second-order valence-electron chi connectivity index (χ2n) is 5.14. The molecule has 2 aromatic carbocycles. The van der Waals surface area contributed by atoms with Gasteiger partial charge in [0.25, 0.3) is 0 Å². The minimum atomic E-state index is -4.49. The van der Waals surface area contributed by atoms with Crippen molar-refractivity contribution in [3.63, 3.8) is 0 Å². The lowest BCUT2D eigenvalue weighted by molar-refractivity contribution is -0.137. The van der Waals surface area contributed by atoms with E-state index < -0.39 is 11.7 Å². The Bertz CT molecular complexity index is 886. The zero-order chi connectivity index (χ0) is 19.3. The second kappa shape index (κ2) is 8.17. The maximum Gasteiger partial charge on any atom is 0.416 e. The van der Waals surface area contributed by atoms with Gasteiger partial charge in [-0.3, -0.25) is 5.43 Å². The number of anilines is 1. The van der Waals surface area contributed by atoms with Crippen LogP contribution in [0.5, 0.6) is 0 Å². The van der Waals surface area contributed by atoms with Crippen LogP contribution in [0, 0.1) is 11.3 Å². The maximum absolute atomic E-state index is 12.8. The molecule has 9 heteroatoms. The first-order chi connectivity index (χ1) is 12.2. The number of alkyl halides is 3. The van der Waals surface area contributed by atoms with E-state index in [9.17, 15) is 13.2 Å². The molecule has 0 unspecified atom stereocenters. The van der Waals surface area contributed by atoms with Crippen molar-refractivity contribution >= 4 is 40.3 Å². The summed E-state index contributed by atoms with van der Waals surface area (Å²) < 4.78 is 38.3. The third-order valence-electron chi connectivity index (χ3n) is 3.30. The topological polar surface area (TPSA) is 60.2 Å². The number of hydrazone groups is 1. The van der Waals surface area contributed by atoms with Crippen LogP contribution in [0.3, 0.4) is 0 Å². The summed E-state index contributed by atoms with van der Waals surface area (Å²) in [5.41, 5.74) is 3.58. The molecule has 4 nitrogen and oxygen atoms in total. The molecule has 0 saturated carbocycles. The van der Waals surface area contributed by atoms with Crippen LogP contribution in [-0.2, 0) is 6.18 Å². The van der Waals surface area contributed by atoms with Gasteiger partial charge in [0.15, 0.2) is 5.11 Å². The van der Waals surface area contributed by atoms with Gasteiger partial charge in [-0.2, -0.15) is 23.5 Å². The van der Waals surface area contributed by atoms with Gasteiger partial charge < -0.3 is 5.32 Å². The van der Waals surface area contributed by atoms with Gasteiger partial charge >= 0.3 is 6.18 Å². The fourth-order valence-electron chi connectivity index (χ4n) is 1.93. The van der Waals surface area contributed by atoms with E-state index in [1.54, 1.807) is 31.2 Å². The highest BCUT2D eigenvalue weighted by Crippen LogP contribution is 2.33. The van der Waals surface area contributed by atoms with Gasteiger partial charge in [0.2, 0.25) is 0 Å². The molecule has 0 saturated heterocycles. The van der Waals surface area contributed by atoms with E-state index in [2.05, 4.69) is 15.8 Å². The molecule has 0 atom stereocenters. The normalized spacial score (nSPS) is 11.6. The van der Waals surface area contributed by atoms with Crippen LogP contribution in [0.1, 0.15) is 23.6 Å². The summed E-state index contributed by atoms with van der Waals surface area (Å²) in [5, 5.41) is 15.5. The van der Waals surface area contributed by atoms with Gasteiger partial charge in [-0.25, -0.2) is 0 Å². The minimum absolute atomic E-state index is 0.0146. The molecule has 2 rings (SSSR count). The quantitative estimate of drug-likeness (QED) is 0.438. The highest BCUT2D eigenvalue weighted by atomic mass is 35.5. The van der Waals surface area contributed by atoms with E-state index in [0.717, 1.165) is 23.8 Å². The van der Waals surface area contributed by atoms with Gasteiger partial charge in [0, 0.05) is 0 Å². The lowest BCUT2D eigenvalue weighted by Gasteiger charge is -2.13. The Balaban J connectivity index is 2.07. The predicted molar refractivity (Wildman–Crippen MR) is 99.2 cm³/mol. The van der Waals surface area contributed by atoms with Crippen LogP contribution in [0.15, 0.2) is 47.6 Å². The molecule has 0 fully saturated rings. The summed E-state index contributed by atoms with van der Waals surface area (Å²) in [6, 6.07) is 11.6. The average molecular weight is 397 g/mol. The Kier molecular flexibility index (Phi) is 6.18. The van der Waals surface area contributed by atoms with Gasteiger partial charge in [-0.1, -0.05) is 23.7 Å². The molecule has 0 heterocycles. The van der Waals surface area contributed by atoms with Crippen LogP contribution < -0.4 is 10.7 Å². The number of nitrogens with zero attached hydrogens (tertiary/aromatic N) is 2. The Hall–Kier alpha value is -2.63. The van der Waals surface area contributed by atoms with Gasteiger partial charge in [0.1, 0.15) is 0 Å². The molecule has 134 valence electrons. The molecule has 0 bridgehead atoms. The van der Waals surface area contributed by atoms with Crippen LogP contribution in [0.4, 0.5) is 18.9 Å². The van der Waals surface area contributed by atoms with Crippen molar-refractivity contribution in [3.8, 4) is 6.07 Å². The van der Waals surface area contributed by atoms with Gasteiger partial charge in [0.05, 0.1) is 33.6 Å². The number of thiocarbonyl (C=S) groups is 1. The van der Waals surface area contributed by atoms with Crippen LogP contribution in [0.25, 0.3) is 0 Å². The number of nitriles is 1. The van der Waals surface area contributed by atoms with E-state index in [0.29, 0.717) is 11.3 Å². The van der Waals surface area contributed by atoms with Crippen molar-refractivity contribution in [2.24, 2.45) is 5.10 Å². The molecule has 2 N–H and O–H groups in total. The van der Waals surface area contributed by atoms with Crippen LogP contribution in [0.2, 0.25) is 5.02 Å². The average Bonchev–Trinajstić information content (AvgIpc) is 2.60. The minimum Gasteiger partial charge on any atom is -0.330 e. The van der Waals surface area contributed by atoms with E-state index in [-0.39, 0.29) is 15.8 Å². The van der Waals surface area contributed by atoms with Crippen molar-refractivity contribution < 1.29 is 13.2 Å². The number of hydrogen-bond acceptors (Lipinski definition) is 3. The molecule has 0 aliphatic rings. The first kappa shape index (κ1) is 19.7. The van der Waals surface area contributed by atoms with E-state index in [4.69, 9.17) is 29.1 Å². The number of rotatable bonds is 3. The monoisotopic (exact) mass is 396 g/mol. The SMILES string of the molecule is CC(=NNC(=S)Nc1cc(C(F)(F)F)ccc1Cl)c1ccc(C#N)cc1. The number of halogens is 4. The van der Waals surface area contributed by atoms with Crippen molar-refractivity contribution in [2.75, 3.05) is 5.32 Å². The Morgan fingerprint density at radius 2 is 1.85 bits per heavy atom. The molecular weight excluding hydrogens is 385 g/mol. The summed E-state index contributed by atoms with van der Waals surface area (Å²) in [6.07, 6.45) is -4.49. The fourth-order valence-corrected chi connectivity index (χ4v) is 2.25. The summed E-state index contributed by atoms with van der Waals surface area (Å²) in [5.74, 6) is 0. The zero-order valence-corrected chi connectivity index (χ0v) is 14.9. The first-order valence-corrected chi connectivity index (χ1v) is 7.98. The van der Waals surface area contributed by atoms with E-state index in [1.807, 2.05) is 6.07 Å². The van der Waals surface area contributed by atoms with E-state index >= 15 is 0 Å². The zero-order valence-electron chi connectivity index (χ0n) is 13.4. The molecule has 0 amide bonds. The number of benzene rings is 2. The maximum atomic E-state index is 12.8. The molecule has 0 aliphatic carbocycles. The number of hydrogen-bond donors (Lipinski definition) is 2. The summed E-state index contributed by atoms with van der Waals surface area (Å²) in [7, 11) is 0.